The zero-order valence-corrected chi connectivity index (χ0v) is 12.7. The third-order valence-corrected chi connectivity index (χ3v) is 7.77. The Bertz CT molecular complexity index is 648. The summed E-state index contributed by atoms with van der Waals surface area (Å²) in [5.74, 6) is 0.0812. The number of nitrogens with two attached hydrogens (primary N) is 1. The van der Waals surface area contributed by atoms with Gasteiger partial charge in [-0.1, -0.05) is 0 Å². The molecular formula is C10H16N2O4S3. The molecule has 3 N–H and O–H groups in total. The summed E-state index contributed by atoms with van der Waals surface area (Å²) in [4.78, 5) is 0. The topological polar surface area (TPSA) is 106 Å². The van der Waals surface area contributed by atoms with Crippen molar-refractivity contribution in [3.05, 3.63) is 17.0 Å². The van der Waals surface area contributed by atoms with Crippen LogP contribution in [0.5, 0.6) is 0 Å². The Labute approximate surface area is 117 Å². The molecule has 0 spiro atoms. The van der Waals surface area contributed by atoms with Crippen molar-refractivity contribution in [1.82, 2.24) is 4.72 Å². The van der Waals surface area contributed by atoms with Crippen LogP contribution in [0.1, 0.15) is 12.0 Å². The molecular weight excluding hydrogens is 308 g/mol. The van der Waals surface area contributed by atoms with Crippen molar-refractivity contribution in [3.8, 4) is 0 Å². The summed E-state index contributed by atoms with van der Waals surface area (Å²) in [5, 5.41) is 1.70. The van der Waals surface area contributed by atoms with Crippen LogP contribution in [0, 0.1) is 5.92 Å². The van der Waals surface area contributed by atoms with Crippen molar-refractivity contribution < 1.29 is 16.8 Å². The minimum absolute atomic E-state index is 0.0635. The molecule has 0 radical (unpaired) electrons. The molecule has 108 valence electrons. The third-order valence-electron chi connectivity index (χ3n) is 3.02. The van der Waals surface area contributed by atoms with Crippen LogP contribution < -0.4 is 10.5 Å². The first-order valence-corrected chi connectivity index (χ1v) is 9.98. The zero-order valence-electron chi connectivity index (χ0n) is 10.2. The van der Waals surface area contributed by atoms with Gasteiger partial charge in [0.15, 0.2) is 9.84 Å². The van der Waals surface area contributed by atoms with Gasteiger partial charge in [0.25, 0.3) is 0 Å². The van der Waals surface area contributed by atoms with Gasteiger partial charge in [0.2, 0.25) is 10.0 Å². The summed E-state index contributed by atoms with van der Waals surface area (Å²) in [6.45, 7) is 0.463. The summed E-state index contributed by atoms with van der Waals surface area (Å²) < 4.78 is 49.2. The fourth-order valence-corrected chi connectivity index (χ4v) is 6.18. The van der Waals surface area contributed by atoms with E-state index >= 15 is 0 Å². The molecule has 1 fully saturated rings. The Morgan fingerprint density at radius 2 is 2.21 bits per heavy atom. The second-order valence-corrected chi connectivity index (χ2v) is 9.73. The Hall–Kier alpha value is -0.480. The molecule has 1 aliphatic rings. The molecule has 1 saturated heterocycles. The molecule has 1 unspecified atom stereocenters. The number of sulfonamides is 1. The minimum atomic E-state index is -3.56. The molecule has 1 aromatic heterocycles. The van der Waals surface area contributed by atoms with Crippen LogP contribution in [0.15, 0.2) is 15.7 Å². The SMILES string of the molecule is NCc1csc(S(=O)(=O)NCC2CCS(=O)(=O)C2)c1. The first kappa shape index (κ1) is 14.9. The van der Waals surface area contributed by atoms with Crippen LogP contribution in [0.3, 0.4) is 0 Å². The summed E-state index contributed by atoms with van der Waals surface area (Å²) in [6, 6.07) is 1.54. The highest BCUT2D eigenvalue weighted by Gasteiger charge is 2.29. The van der Waals surface area contributed by atoms with Crippen LogP contribution in [0.2, 0.25) is 0 Å². The maximum absolute atomic E-state index is 12.0. The molecule has 6 nitrogen and oxygen atoms in total. The Morgan fingerprint density at radius 3 is 2.74 bits per heavy atom. The molecule has 0 aliphatic carbocycles. The second kappa shape index (κ2) is 5.49. The van der Waals surface area contributed by atoms with Gasteiger partial charge >= 0.3 is 0 Å². The predicted molar refractivity (Wildman–Crippen MR) is 74.2 cm³/mol. The first-order valence-electron chi connectivity index (χ1n) is 5.80. The molecule has 0 aromatic carbocycles. The van der Waals surface area contributed by atoms with Gasteiger partial charge in [-0.05, 0) is 29.3 Å². The van der Waals surface area contributed by atoms with Gasteiger partial charge in [-0.2, -0.15) is 0 Å². The number of nitrogens with one attached hydrogen (secondary N) is 1. The summed E-state index contributed by atoms with van der Waals surface area (Å²) >= 11 is 1.11. The van der Waals surface area contributed by atoms with Gasteiger partial charge in [-0.15, -0.1) is 11.3 Å². The lowest BCUT2D eigenvalue weighted by molar-refractivity contribution is 0.544. The number of hydrogen-bond acceptors (Lipinski definition) is 6. The number of thiophene rings is 1. The second-order valence-electron chi connectivity index (χ2n) is 4.60. The van der Waals surface area contributed by atoms with Gasteiger partial charge in [0.05, 0.1) is 11.5 Å². The lowest BCUT2D eigenvalue weighted by atomic mass is 10.1. The molecule has 0 bridgehead atoms. The molecule has 1 aromatic rings. The molecule has 2 heterocycles. The van der Waals surface area contributed by atoms with Crippen molar-refractivity contribution >= 4 is 31.2 Å². The summed E-state index contributed by atoms with van der Waals surface area (Å²) in [6.07, 6.45) is 0.517. The lowest BCUT2D eigenvalue weighted by Gasteiger charge is -2.08. The highest BCUT2D eigenvalue weighted by molar-refractivity contribution is 7.92. The van der Waals surface area contributed by atoms with E-state index in [4.69, 9.17) is 5.73 Å². The van der Waals surface area contributed by atoms with Crippen LogP contribution in [0.25, 0.3) is 0 Å². The maximum Gasteiger partial charge on any atom is 0.250 e. The van der Waals surface area contributed by atoms with Crippen LogP contribution >= 0.6 is 11.3 Å². The molecule has 2 rings (SSSR count). The van der Waals surface area contributed by atoms with E-state index in [1.807, 2.05) is 0 Å². The van der Waals surface area contributed by atoms with Crippen molar-refractivity contribution in [2.45, 2.75) is 17.2 Å². The van der Waals surface area contributed by atoms with Crippen LogP contribution in [-0.2, 0) is 26.4 Å². The highest BCUT2D eigenvalue weighted by Crippen LogP contribution is 2.21. The fourth-order valence-electron chi connectivity index (χ4n) is 1.93. The summed E-state index contributed by atoms with van der Waals surface area (Å²) in [7, 11) is -6.53. The molecule has 9 heteroatoms. The number of hydrogen-bond donors (Lipinski definition) is 2. The molecule has 1 aliphatic heterocycles. The van der Waals surface area contributed by atoms with Crippen LogP contribution in [0.4, 0.5) is 0 Å². The Morgan fingerprint density at radius 1 is 1.47 bits per heavy atom. The Kier molecular flexibility index (Phi) is 4.31. The van der Waals surface area contributed by atoms with E-state index in [1.165, 1.54) is 0 Å². The van der Waals surface area contributed by atoms with E-state index in [0.29, 0.717) is 13.0 Å². The van der Waals surface area contributed by atoms with E-state index in [0.717, 1.165) is 16.9 Å². The molecule has 0 saturated carbocycles. The van der Waals surface area contributed by atoms with Crippen molar-refractivity contribution in [2.24, 2.45) is 11.7 Å². The van der Waals surface area contributed by atoms with Gasteiger partial charge in [-0.25, -0.2) is 21.6 Å². The van der Waals surface area contributed by atoms with Gasteiger partial charge in [0, 0.05) is 13.1 Å². The third kappa shape index (κ3) is 3.76. The van der Waals surface area contributed by atoms with E-state index in [9.17, 15) is 16.8 Å². The zero-order chi connectivity index (χ0) is 14.1. The van der Waals surface area contributed by atoms with Crippen LogP contribution in [-0.4, -0.2) is 34.9 Å². The van der Waals surface area contributed by atoms with Crippen molar-refractivity contribution in [3.63, 3.8) is 0 Å². The number of sulfone groups is 1. The lowest BCUT2D eigenvalue weighted by Crippen LogP contribution is -2.29. The van der Waals surface area contributed by atoms with Crippen molar-refractivity contribution in [1.29, 1.82) is 0 Å². The van der Waals surface area contributed by atoms with E-state index in [1.54, 1.807) is 11.4 Å². The number of rotatable bonds is 5. The maximum atomic E-state index is 12.0. The predicted octanol–water partition coefficient (Wildman–Crippen LogP) is -0.0802. The highest BCUT2D eigenvalue weighted by atomic mass is 32.2. The summed E-state index contributed by atoms with van der Waals surface area (Å²) in [5.41, 5.74) is 6.21. The van der Waals surface area contributed by atoms with Gasteiger partial charge in [0.1, 0.15) is 4.21 Å². The molecule has 0 amide bonds. The van der Waals surface area contributed by atoms with Gasteiger partial charge in [-0.3, -0.25) is 0 Å². The smallest absolute Gasteiger partial charge is 0.250 e. The monoisotopic (exact) mass is 324 g/mol. The molecule has 19 heavy (non-hydrogen) atoms. The van der Waals surface area contributed by atoms with Crippen molar-refractivity contribution in [2.75, 3.05) is 18.1 Å². The fraction of sp³-hybridized carbons (Fsp3) is 0.600. The van der Waals surface area contributed by atoms with E-state index < -0.39 is 19.9 Å². The minimum Gasteiger partial charge on any atom is -0.326 e. The average Bonchev–Trinajstić information content (AvgIpc) is 2.93. The van der Waals surface area contributed by atoms with Gasteiger partial charge < -0.3 is 5.73 Å². The van der Waals surface area contributed by atoms with E-state index in [-0.39, 0.29) is 28.2 Å². The molecule has 1 atom stereocenters. The quantitative estimate of drug-likeness (QED) is 0.788. The first-order chi connectivity index (χ1) is 8.82. The Balaban J connectivity index is 1.98. The normalized spacial score (nSPS) is 22.7. The van der Waals surface area contributed by atoms with E-state index in [2.05, 4.69) is 4.72 Å². The average molecular weight is 324 g/mol. The standard InChI is InChI=1S/C10H16N2O4S3/c11-4-9-3-10(17-6-9)19(15,16)12-5-8-1-2-18(13,14)7-8/h3,6,8,12H,1-2,4-5,7,11H2. The largest absolute Gasteiger partial charge is 0.326 e.